The normalized spacial score (nSPS) is 18.7. The molecule has 0 bridgehead atoms. The Morgan fingerprint density at radius 2 is 2.09 bits per heavy atom. The number of hydrogen-bond acceptors (Lipinski definition) is 2. The number of rotatable bonds is 3. The fourth-order valence-electron chi connectivity index (χ4n) is 2.63. The maximum atomic E-state index is 12.8. The summed E-state index contributed by atoms with van der Waals surface area (Å²) >= 11 is 1.54. The van der Waals surface area contributed by atoms with Crippen LogP contribution in [0, 0.1) is 0 Å². The number of halogens is 3. The molecule has 1 fully saturated rings. The molecule has 1 unspecified atom stereocenters. The summed E-state index contributed by atoms with van der Waals surface area (Å²) in [5.74, 6) is 0.530. The highest BCUT2D eigenvalue weighted by molar-refractivity contribution is 8.00. The number of alkyl halides is 3. The van der Waals surface area contributed by atoms with Gasteiger partial charge in [-0.1, -0.05) is 6.07 Å². The molecule has 1 atom stereocenters. The Labute approximate surface area is 136 Å². The van der Waals surface area contributed by atoms with Crippen LogP contribution in [0.5, 0.6) is 0 Å². The van der Waals surface area contributed by atoms with E-state index in [1.54, 1.807) is 27.9 Å². The van der Waals surface area contributed by atoms with Gasteiger partial charge in [0.05, 0.1) is 11.3 Å². The Hall–Kier alpha value is -1.89. The minimum absolute atomic E-state index is 0.0699. The van der Waals surface area contributed by atoms with Gasteiger partial charge in [-0.25, -0.2) is 0 Å². The molecule has 0 saturated carbocycles. The van der Waals surface area contributed by atoms with Crippen LogP contribution in [0.2, 0.25) is 0 Å². The Balaban J connectivity index is 1.89. The van der Waals surface area contributed by atoms with Crippen LogP contribution in [0.25, 0.3) is 5.69 Å². The van der Waals surface area contributed by atoms with Crippen molar-refractivity contribution in [1.82, 2.24) is 9.47 Å². The molecule has 0 aliphatic carbocycles. The van der Waals surface area contributed by atoms with Crippen LogP contribution in [0.4, 0.5) is 13.2 Å². The lowest BCUT2D eigenvalue weighted by Gasteiger charge is -2.21. The van der Waals surface area contributed by atoms with Gasteiger partial charge in [0, 0.05) is 30.2 Å². The van der Waals surface area contributed by atoms with Gasteiger partial charge in [-0.3, -0.25) is 4.79 Å². The highest BCUT2D eigenvalue weighted by atomic mass is 32.2. The molecule has 1 aliphatic heterocycles. The smallest absolute Gasteiger partial charge is 0.326 e. The average Bonchev–Trinajstić information content (AvgIpc) is 3.12. The molecule has 1 aliphatic rings. The Morgan fingerprint density at radius 3 is 2.78 bits per heavy atom. The molecule has 1 aromatic carbocycles. The lowest BCUT2D eigenvalue weighted by Crippen LogP contribution is -2.27. The van der Waals surface area contributed by atoms with Crippen molar-refractivity contribution in [2.24, 2.45) is 0 Å². The fraction of sp³-hybridized carbons (Fsp3) is 0.312. The summed E-state index contributed by atoms with van der Waals surface area (Å²) in [5, 5.41) is -0.0699. The minimum atomic E-state index is -4.36. The first kappa shape index (κ1) is 16.0. The maximum Gasteiger partial charge on any atom is 0.416 e. The molecular formula is C16H15F3N2OS. The predicted molar refractivity (Wildman–Crippen MR) is 83.4 cm³/mol. The zero-order chi connectivity index (χ0) is 16.6. The molecule has 0 N–H and O–H groups in total. The topological polar surface area (TPSA) is 25.2 Å². The predicted octanol–water partition coefficient (Wildman–Crippen LogP) is 4.09. The van der Waals surface area contributed by atoms with Gasteiger partial charge in [0.1, 0.15) is 5.37 Å². The number of aromatic nitrogens is 1. The molecule has 0 radical (unpaired) electrons. The van der Waals surface area contributed by atoms with Gasteiger partial charge >= 0.3 is 6.18 Å². The van der Waals surface area contributed by atoms with Crippen molar-refractivity contribution in [3.8, 4) is 5.69 Å². The summed E-state index contributed by atoms with van der Waals surface area (Å²) in [5.41, 5.74) is 0.689. The zero-order valence-electron chi connectivity index (χ0n) is 12.4. The molecular weight excluding hydrogens is 325 g/mol. The van der Waals surface area contributed by atoms with E-state index in [1.165, 1.54) is 17.8 Å². The molecule has 2 aromatic rings. The molecule has 1 amide bonds. The van der Waals surface area contributed by atoms with Gasteiger partial charge in [0.15, 0.2) is 0 Å². The minimum Gasteiger partial charge on any atom is -0.326 e. The van der Waals surface area contributed by atoms with Gasteiger partial charge in [-0.15, -0.1) is 11.8 Å². The van der Waals surface area contributed by atoms with E-state index in [9.17, 15) is 18.0 Å². The summed E-state index contributed by atoms with van der Waals surface area (Å²) in [6.07, 6.45) is -0.852. The third-order valence-corrected chi connectivity index (χ3v) is 5.04. The SMILES string of the molecule is CCN1C(=O)CSC1c1ccn(-c2cccc(C(F)(F)F)c2)c1. The summed E-state index contributed by atoms with van der Waals surface area (Å²) in [6, 6.07) is 7.04. The average molecular weight is 340 g/mol. The first-order valence-corrected chi connectivity index (χ1v) is 8.21. The van der Waals surface area contributed by atoms with Gasteiger partial charge in [0.25, 0.3) is 0 Å². The van der Waals surface area contributed by atoms with Crippen LogP contribution in [-0.4, -0.2) is 27.7 Å². The number of hydrogen-bond donors (Lipinski definition) is 0. The first-order chi connectivity index (χ1) is 10.9. The summed E-state index contributed by atoms with van der Waals surface area (Å²) in [6.45, 7) is 2.53. The number of benzene rings is 1. The van der Waals surface area contributed by atoms with Crippen molar-refractivity contribution >= 4 is 17.7 Å². The van der Waals surface area contributed by atoms with E-state index in [1.807, 2.05) is 13.0 Å². The van der Waals surface area contributed by atoms with Crippen molar-refractivity contribution < 1.29 is 18.0 Å². The number of nitrogens with zero attached hydrogens (tertiary/aromatic N) is 2. The molecule has 3 rings (SSSR count). The second-order valence-electron chi connectivity index (χ2n) is 5.24. The van der Waals surface area contributed by atoms with E-state index in [4.69, 9.17) is 0 Å². The number of thioether (sulfide) groups is 1. The third kappa shape index (κ3) is 3.10. The van der Waals surface area contributed by atoms with E-state index in [0.29, 0.717) is 18.0 Å². The van der Waals surface area contributed by atoms with Crippen LogP contribution >= 0.6 is 11.8 Å². The van der Waals surface area contributed by atoms with Crippen LogP contribution in [0.15, 0.2) is 42.7 Å². The lowest BCUT2D eigenvalue weighted by atomic mass is 10.2. The van der Waals surface area contributed by atoms with E-state index >= 15 is 0 Å². The standard InChI is InChI=1S/C16H15F3N2OS/c1-2-21-14(22)10-23-15(21)11-6-7-20(9-11)13-5-3-4-12(8-13)16(17,18)19/h3-9,15H,2,10H2,1H3. The van der Waals surface area contributed by atoms with Crippen molar-refractivity contribution in [2.75, 3.05) is 12.3 Å². The monoisotopic (exact) mass is 340 g/mol. The Bertz CT molecular complexity index is 726. The first-order valence-electron chi connectivity index (χ1n) is 7.16. The lowest BCUT2D eigenvalue weighted by molar-refractivity contribution is -0.137. The fourth-order valence-corrected chi connectivity index (χ4v) is 3.88. The molecule has 0 spiro atoms. The Kier molecular flexibility index (Phi) is 4.14. The van der Waals surface area contributed by atoms with Gasteiger partial charge in [0.2, 0.25) is 5.91 Å². The van der Waals surface area contributed by atoms with Crippen molar-refractivity contribution in [3.05, 3.63) is 53.9 Å². The van der Waals surface area contributed by atoms with Gasteiger partial charge < -0.3 is 9.47 Å². The number of carbonyl (C=O) groups excluding carboxylic acids is 1. The zero-order valence-corrected chi connectivity index (χ0v) is 13.2. The third-order valence-electron chi connectivity index (χ3n) is 3.78. The van der Waals surface area contributed by atoms with Crippen molar-refractivity contribution in [3.63, 3.8) is 0 Å². The molecule has 3 nitrogen and oxygen atoms in total. The van der Waals surface area contributed by atoms with Gasteiger partial charge in [-0.05, 0) is 31.2 Å². The van der Waals surface area contributed by atoms with E-state index in [-0.39, 0.29) is 11.3 Å². The van der Waals surface area contributed by atoms with Crippen LogP contribution in [0.3, 0.4) is 0 Å². The molecule has 122 valence electrons. The molecule has 1 saturated heterocycles. The quantitative estimate of drug-likeness (QED) is 0.841. The molecule has 7 heteroatoms. The van der Waals surface area contributed by atoms with Crippen molar-refractivity contribution in [1.29, 1.82) is 0 Å². The summed E-state index contributed by atoms with van der Waals surface area (Å²) in [4.78, 5) is 13.6. The highest BCUT2D eigenvalue weighted by Gasteiger charge is 2.32. The van der Waals surface area contributed by atoms with Crippen LogP contribution in [-0.2, 0) is 11.0 Å². The number of carbonyl (C=O) groups is 1. The maximum absolute atomic E-state index is 12.8. The highest BCUT2D eigenvalue weighted by Crippen LogP contribution is 2.39. The van der Waals surface area contributed by atoms with Crippen LogP contribution in [0.1, 0.15) is 23.4 Å². The second kappa shape index (κ2) is 5.96. The largest absolute Gasteiger partial charge is 0.416 e. The number of amides is 1. The van der Waals surface area contributed by atoms with E-state index in [0.717, 1.165) is 17.7 Å². The second-order valence-corrected chi connectivity index (χ2v) is 6.31. The van der Waals surface area contributed by atoms with E-state index in [2.05, 4.69) is 0 Å². The summed E-state index contributed by atoms with van der Waals surface area (Å²) < 4.78 is 40.1. The van der Waals surface area contributed by atoms with E-state index < -0.39 is 11.7 Å². The van der Waals surface area contributed by atoms with Crippen LogP contribution < -0.4 is 0 Å². The van der Waals surface area contributed by atoms with Crippen molar-refractivity contribution in [2.45, 2.75) is 18.5 Å². The Morgan fingerprint density at radius 1 is 1.30 bits per heavy atom. The molecule has 2 heterocycles. The summed E-state index contributed by atoms with van der Waals surface area (Å²) in [7, 11) is 0. The molecule has 1 aromatic heterocycles. The van der Waals surface area contributed by atoms with Gasteiger partial charge in [-0.2, -0.15) is 13.2 Å². The molecule has 23 heavy (non-hydrogen) atoms.